The van der Waals surface area contributed by atoms with Crippen LogP contribution in [0.25, 0.3) is 0 Å². The first-order valence-electron chi connectivity index (χ1n) is 8.04. The molecule has 0 aliphatic rings. The number of hydrogen-bond acceptors (Lipinski definition) is 4. The van der Waals surface area contributed by atoms with E-state index in [1.807, 2.05) is 19.2 Å². The molecule has 0 aliphatic carbocycles. The lowest BCUT2D eigenvalue weighted by Crippen LogP contribution is -2.25. The van der Waals surface area contributed by atoms with Crippen LogP contribution in [0.3, 0.4) is 0 Å². The maximum Gasteiger partial charge on any atom is 0.414 e. The molecule has 2 aromatic rings. The summed E-state index contributed by atoms with van der Waals surface area (Å²) in [5.41, 5.74) is 1.05. The third-order valence-corrected chi connectivity index (χ3v) is 3.67. The summed E-state index contributed by atoms with van der Waals surface area (Å²) < 4.78 is 23.9. The van der Waals surface area contributed by atoms with Crippen LogP contribution in [0.4, 0.5) is 9.18 Å². The fourth-order valence-electron chi connectivity index (χ4n) is 2.29. The first kappa shape index (κ1) is 18.7. The zero-order valence-electron chi connectivity index (χ0n) is 14.7. The zero-order chi connectivity index (χ0) is 18.2. The lowest BCUT2D eigenvalue weighted by atomic mass is 10.0. The normalized spacial score (nSPS) is 11.7. The number of carbonyl (C=O) groups excluding carboxylic acids is 1. The van der Waals surface area contributed by atoms with Crippen molar-refractivity contribution in [2.75, 3.05) is 27.7 Å². The maximum absolute atomic E-state index is 13.1. The van der Waals surface area contributed by atoms with Crippen LogP contribution in [0.2, 0.25) is 0 Å². The van der Waals surface area contributed by atoms with Crippen molar-refractivity contribution in [2.24, 2.45) is 0 Å². The molecule has 0 spiro atoms. The molecule has 1 unspecified atom stereocenters. The van der Waals surface area contributed by atoms with Crippen molar-refractivity contribution >= 4 is 6.09 Å². The van der Waals surface area contributed by atoms with Crippen molar-refractivity contribution in [3.8, 4) is 11.5 Å². The second-order valence-electron chi connectivity index (χ2n) is 5.77. The van der Waals surface area contributed by atoms with Gasteiger partial charge in [0.1, 0.15) is 17.3 Å². The van der Waals surface area contributed by atoms with Gasteiger partial charge in [0.25, 0.3) is 0 Å². The van der Waals surface area contributed by atoms with Gasteiger partial charge in [0, 0.05) is 32.6 Å². The van der Waals surface area contributed by atoms with E-state index in [4.69, 9.17) is 9.47 Å². The highest BCUT2D eigenvalue weighted by molar-refractivity contribution is 5.69. The quantitative estimate of drug-likeness (QED) is 0.832. The van der Waals surface area contributed by atoms with Gasteiger partial charge in [0.2, 0.25) is 0 Å². The SMILES string of the molecule is CNC(CCOc1cccc(F)c1)c1ccc(OC(=O)N(C)C)cc1. The van der Waals surface area contributed by atoms with Crippen molar-refractivity contribution in [1.82, 2.24) is 10.2 Å². The van der Waals surface area contributed by atoms with Crippen molar-refractivity contribution in [1.29, 1.82) is 0 Å². The summed E-state index contributed by atoms with van der Waals surface area (Å²) in [4.78, 5) is 12.9. The molecule has 6 heteroatoms. The minimum Gasteiger partial charge on any atom is -0.493 e. The van der Waals surface area contributed by atoms with Gasteiger partial charge in [0.15, 0.2) is 0 Å². The monoisotopic (exact) mass is 346 g/mol. The van der Waals surface area contributed by atoms with Crippen molar-refractivity contribution in [2.45, 2.75) is 12.5 Å². The minimum absolute atomic E-state index is 0.0761. The Balaban J connectivity index is 1.90. The van der Waals surface area contributed by atoms with Crippen LogP contribution >= 0.6 is 0 Å². The molecule has 0 aromatic heterocycles. The highest BCUT2D eigenvalue weighted by Gasteiger charge is 2.11. The summed E-state index contributed by atoms with van der Waals surface area (Å²) >= 11 is 0. The first-order valence-corrected chi connectivity index (χ1v) is 8.04. The molecule has 2 aromatic carbocycles. The van der Waals surface area contributed by atoms with Gasteiger partial charge in [-0.1, -0.05) is 18.2 Å². The van der Waals surface area contributed by atoms with Gasteiger partial charge in [-0.3, -0.25) is 0 Å². The van der Waals surface area contributed by atoms with Crippen LogP contribution in [0, 0.1) is 5.82 Å². The van der Waals surface area contributed by atoms with Crippen LogP contribution in [0.1, 0.15) is 18.0 Å². The summed E-state index contributed by atoms with van der Waals surface area (Å²) in [6, 6.07) is 13.5. The van der Waals surface area contributed by atoms with E-state index in [-0.39, 0.29) is 11.9 Å². The van der Waals surface area contributed by atoms with Crippen LogP contribution in [0.15, 0.2) is 48.5 Å². The second kappa shape index (κ2) is 9.03. The Hall–Kier alpha value is -2.60. The summed E-state index contributed by atoms with van der Waals surface area (Å²) in [6.45, 7) is 0.451. The molecule has 1 amide bonds. The van der Waals surface area contributed by atoms with Crippen LogP contribution in [-0.2, 0) is 0 Å². The van der Waals surface area contributed by atoms with E-state index in [0.717, 1.165) is 5.56 Å². The number of rotatable bonds is 7. The fourth-order valence-corrected chi connectivity index (χ4v) is 2.29. The van der Waals surface area contributed by atoms with Crippen molar-refractivity contribution in [3.63, 3.8) is 0 Å². The highest BCUT2D eigenvalue weighted by Crippen LogP contribution is 2.21. The molecule has 1 N–H and O–H groups in total. The number of benzene rings is 2. The molecule has 0 aliphatic heterocycles. The Labute approximate surface area is 147 Å². The predicted molar refractivity (Wildman–Crippen MR) is 94.5 cm³/mol. The molecule has 0 saturated heterocycles. The van der Waals surface area contributed by atoms with Gasteiger partial charge in [-0.2, -0.15) is 0 Å². The molecule has 0 fully saturated rings. The summed E-state index contributed by atoms with van der Waals surface area (Å²) in [6.07, 6.45) is 0.297. The largest absolute Gasteiger partial charge is 0.493 e. The van der Waals surface area contributed by atoms with Crippen molar-refractivity contribution in [3.05, 3.63) is 59.9 Å². The molecule has 0 saturated carbocycles. The number of carbonyl (C=O) groups is 1. The summed E-state index contributed by atoms with van der Waals surface area (Å²) in [5, 5.41) is 3.22. The van der Waals surface area contributed by atoms with Crippen LogP contribution in [-0.4, -0.2) is 38.7 Å². The molecule has 0 radical (unpaired) electrons. The van der Waals surface area contributed by atoms with E-state index in [0.29, 0.717) is 24.5 Å². The van der Waals surface area contributed by atoms with Gasteiger partial charge in [-0.25, -0.2) is 9.18 Å². The number of amides is 1. The lowest BCUT2D eigenvalue weighted by molar-refractivity contribution is 0.172. The topological polar surface area (TPSA) is 50.8 Å². The van der Waals surface area contributed by atoms with Gasteiger partial charge in [-0.15, -0.1) is 0 Å². The highest BCUT2D eigenvalue weighted by atomic mass is 19.1. The molecule has 0 bridgehead atoms. The Morgan fingerprint density at radius 1 is 1.16 bits per heavy atom. The molecular formula is C19H23FN2O3. The number of halogens is 1. The molecule has 0 heterocycles. The standard InChI is InChI=1S/C19H23FN2O3/c1-21-18(11-12-24-17-6-4-5-15(20)13-17)14-7-9-16(10-8-14)25-19(23)22(2)3/h4-10,13,18,21H,11-12H2,1-3H3. The minimum atomic E-state index is -0.415. The van der Waals surface area contributed by atoms with E-state index in [9.17, 15) is 9.18 Å². The second-order valence-corrected chi connectivity index (χ2v) is 5.77. The predicted octanol–water partition coefficient (Wildman–Crippen LogP) is 3.62. The Kier molecular flexibility index (Phi) is 6.77. The van der Waals surface area contributed by atoms with Crippen molar-refractivity contribution < 1.29 is 18.7 Å². The van der Waals surface area contributed by atoms with E-state index >= 15 is 0 Å². The molecule has 2 rings (SSSR count). The number of nitrogens with one attached hydrogen (secondary N) is 1. The summed E-state index contributed by atoms with van der Waals surface area (Å²) in [7, 11) is 5.13. The average molecular weight is 346 g/mol. The zero-order valence-corrected chi connectivity index (χ0v) is 14.7. The summed E-state index contributed by atoms with van der Waals surface area (Å²) in [5.74, 6) is 0.694. The molecule has 1 atom stereocenters. The molecule has 25 heavy (non-hydrogen) atoms. The third-order valence-electron chi connectivity index (χ3n) is 3.67. The van der Waals surface area contributed by atoms with Gasteiger partial charge < -0.3 is 19.7 Å². The van der Waals surface area contributed by atoms with E-state index in [2.05, 4.69) is 5.32 Å². The fraction of sp³-hybridized carbons (Fsp3) is 0.316. The van der Waals surface area contributed by atoms with Gasteiger partial charge in [0.05, 0.1) is 6.61 Å². The molecule has 134 valence electrons. The van der Waals surface area contributed by atoms with E-state index in [1.54, 1.807) is 38.4 Å². The lowest BCUT2D eigenvalue weighted by Gasteiger charge is -2.18. The molecule has 5 nitrogen and oxygen atoms in total. The van der Waals surface area contributed by atoms with Gasteiger partial charge >= 0.3 is 6.09 Å². The Bertz CT molecular complexity index is 689. The number of hydrogen-bond donors (Lipinski definition) is 1. The molecular weight excluding hydrogens is 323 g/mol. The number of nitrogens with zero attached hydrogens (tertiary/aromatic N) is 1. The Morgan fingerprint density at radius 2 is 1.88 bits per heavy atom. The Morgan fingerprint density at radius 3 is 2.48 bits per heavy atom. The average Bonchev–Trinajstić information content (AvgIpc) is 2.59. The van der Waals surface area contributed by atoms with Crippen LogP contribution < -0.4 is 14.8 Å². The van der Waals surface area contributed by atoms with Crippen LogP contribution in [0.5, 0.6) is 11.5 Å². The number of ether oxygens (including phenoxy) is 2. The van der Waals surface area contributed by atoms with E-state index in [1.165, 1.54) is 17.0 Å². The van der Waals surface area contributed by atoms with Gasteiger partial charge in [-0.05, 0) is 36.9 Å². The van der Waals surface area contributed by atoms with E-state index < -0.39 is 6.09 Å². The third kappa shape index (κ3) is 5.76. The smallest absolute Gasteiger partial charge is 0.414 e. The maximum atomic E-state index is 13.1. The first-order chi connectivity index (χ1) is 12.0.